The second-order valence-corrected chi connectivity index (χ2v) is 13.3. The fraction of sp³-hybridized carbons (Fsp3) is 0.606. The van der Waals surface area contributed by atoms with Crippen molar-refractivity contribution in [3.63, 3.8) is 0 Å². The van der Waals surface area contributed by atoms with Gasteiger partial charge in [0.15, 0.2) is 5.82 Å². The van der Waals surface area contributed by atoms with Crippen LogP contribution < -0.4 is 5.32 Å². The van der Waals surface area contributed by atoms with Gasteiger partial charge in [-0.25, -0.2) is 14.2 Å². The van der Waals surface area contributed by atoms with Crippen molar-refractivity contribution in [2.75, 3.05) is 26.2 Å². The van der Waals surface area contributed by atoms with Crippen LogP contribution in [-0.2, 0) is 14.3 Å². The van der Waals surface area contributed by atoms with Gasteiger partial charge in [-0.1, -0.05) is 43.3 Å². The molecule has 2 N–H and O–H groups in total. The van der Waals surface area contributed by atoms with E-state index in [1.54, 1.807) is 44.7 Å². The first kappa shape index (κ1) is 32.6. The third-order valence-electron chi connectivity index (χ3n) is 8.89. The number of fused-ring (bicyclic) bond motifs is 1. The highest BCUT2D eigenvalue weighted by atomic mass is 19.1. The van der Waals surface area contributed by atoms with Crippen LogP contribution in [0.1, 0.15) is 112 Å². The number of halogens is 1. The molecule has 1 saturated heterocycles. The molecule has 12 heteroatoms. The molecular weight excluding hydrogens is 579 g/mol. The van der Waals surface area contributed by atoms with Crippen molar-refractivity contribution in [3.05, 3.63) is 46.9 Å². The Morgan fingerprint density at radius 1 is 1.07 bits per heavy atom. The SMILES string of the molecule is CC(=O)N1CCN([C@@H](C(=O)OC(C)(C)C)c2ccc3[nH]c([C@@H](NC(=O)c4conc4C)C4CCCCCCC4)nc3c2F)CC1. The van der Waals surface area contributed by atoms with Gasteiger partial charge in [0.25, 0.3) is 5.91 Å². The number of carbonyl (C=O) groups excluding carboxylic acids is 3. The lowest BCUT2D eigenvalue weighted by Crippen LogP contribution is -2.51. The second kappa shape index (κ2) is 13.7. The molecule has 5 rings (SSSR count). The van der Waals surface area contributed by atoms with Crippen LogP contribution in [-0.4, -0.2) is 74.5 Å². The summed E-state index contributed by atoms with van der Waals surface area (Å²) in [5, 5.41) is 7.00. The van der Waals surface area contributed by atoms with Crippen LogP contribution in [0.15, 0.2) is 22.9 Å². The topological polar surface area (TPSA) is 134 Å². The zero-order chi connectivity index (χ0) is 32.3. The first-order valence-electron chi connectivity index (χ1n) is 16.0. The molecule has 0 bridgehead atoms. The third kappa shape index (κ3) is 7.54. The summed E-state index contributed by atoms with van der Waals surface area (Å²) in [5.74, 6) is -0.959. The third-order valence-corrected chi connectivity index (χ3v) is 8.89. The van der Waals surface area contributed by atoms with E-state index >= 15 is 4.39 Å². The Bertz CT molecular complexity index is 1510. The standard InChI is InChI=1S/C33H45FN6O5/c1-20-24(19-44-38-20)31(42)37-27(22-11-9-7-6-8-10-12-22)30-35-25-14-13-23(26(34)28(25)36-30)29(32(43)45-33(3,4)5)40-17-15-39(16-18-40)21(2)41/h13-14,19,22,27,29H,6-12,15-18H2,1-5H3,(H,35,36)(H,37,42)/t27-,29+/m0/s1. The lowest BCUT2D eigenvalue weighted by Gasteiger charge is -2.39. The molecule has 0 spiro atoms. The van der Waals surface area contributed by atoms with Crippen molar-refractivity contribution in [1.82, 2.24) is 30.2 Å². The average molecular weight is 625 g/mol. The number of carbonyl (C=O) groups is 3. The Morgan fingerprint density at radius 3 is 2.33 bits per heavy atom. The Labute approximate surface area is 263 Å². The summed E-state index contributed by atoms with van der Waals surface area (Å²) in [5.41, 5.74) is 0.800. The molecule has 1 saturated carbocycles. The fourth-order valence-electron chi connectivity index (χ4n) is 6.52. The lowest BCUT2D eigenvalue weighted by molar-refractivity contribution is -0.162. The van der Waals surface area contributed by atoms with E-state index in [1.807, 2.05) is 4.90 Å². The molecule has 0 radical (unpaired) electrons. The van der Waals surface area contributed by atoms with Gasteiger partial charge >= 0.3 is 5.97 Å². The van der Waals surface area contributed by atoms with Crippen LogP contribution >= 0.6 is 0 Å². The van der Waals surface area contributed by atoms with Gasteiger partial charge < -0.3 is 24.5 Å². The number of piperazine rings is 1. The number of H-pyrrole nitrogens is 1. The van der Waals surface area contributed by atoms with Crippen LogP contribution in [0.5, 0.6) is 0 Å². The molecule has 0 unspecified atom stereocenters. The summed E-state index contributed by atoms with van der Waals surface area (Å²) < 4.78 is 27.3. The minimum atomic E-state index is -1.01. The molecule has 2 fully saturated rings. The maximum atomic E-state index is 16.6. The molecule has 2 aliphatic rings. The van der Waals surface area contributed by atoms with Gasteiger partial charge in [-0.05, 0) is 52.5 Å². The Balaban J connectivity index is 1.51. The number of imidazole rings is 1. The van der Waals surface area contributed by atoms with E-state index in [0.29, 0.717) is 48.8 Å². The number of ether oxygens (including phenoxy) is 1. The van der Waals surface area contributed by atoms with E-state index in [2.05, 4.69) is 15.5 Å². The quantitative estimate of drug-likeness (QED) is 0.335. The van der Waals surface area contributed by atoms with E-state index in [9.17, 15) is 14.4 Å². The Hall–Kier alpha value is -3.80. The molecule has 1 aliphatic heterocycles. The minimum absolute atomic E-state index is 0.0368. The van der Waals surface area contributed by atoms with Crippen molar-refractivity contribution in [2.24, 2.45) is 5.92 Å². The fourth-order valence-corrected chi connectivity index (χ4v) is 6.52. The average Bonchev–Trinajstić information content (AvgIpc) is 3.59. The van der Waals surface area contributed by atoms with Crippen LogP contribution in [0.25, 0.3) is 11.0 Å². The first-order valence-corrected chi connectivity index (χ1v) is 16.0. The number of benzene rings is 1. The maximum absolute atomic E-state index is 16.6. The van der Waals surface area contributed by atoms with Gasteiger partial charge in [0, 0.05) is 38.7 Å². The number of aromatic nitrogens is 3. The summed E-state index contributed by atoms with van der Waals surface area (Å²) in [7, 11) is 0. The summed E-state index contributed by atoms with van der Waals surface area (Å²) in [4.78, 5) is 50.5. The Morgan fingerprint density at radius 2 is 1.73 bits per heavy atom. The molecule has 2 atom stereocenters. The van der Waals surface area contributed by atoms with Crippen molar-refractivity contribution in [2.45, 2.75) is 97.2 Å². The molecule has 3 aromatic rings. The molecule has 244 valence electrons. The van der Waals surface area contributed by atoms with Crippen molar-refractivity contribution < 1.29 is 28.0 Å². The van der Waals surface area contributed by atoms with Crippen molar-refractivity contribution in [3.8, 4) is 0 Å². The highest BCUT2D eigenvalue weighted by molar-refractivity contribution is 5.95. The van der Waals surface area contributed by atoms with E-state index in [0.717, 1.165) is 38.5 Å². The zero-order valence-electron chi connectivity index (χ0n) is 27.0. The summed E-state index contributed by atoms with van der Waals surface area (Å²) in [6.07, 6.45) is 8.69. The summed E-state index contributed by atoms with van der Waals surface area (Å²) in [6.45, 7) is 10.2. The van der Waals surface area contributed by atoms with Gasteiger partial charge in [-0.15, -0.1) is 0 Å². The van der Waals surface area contributed by atoms with Crippen LogP contribution in [0.2, 0.25) is 0 Å². The molecular formula is C33H45FN6O5. The minimum Gasteiger partial charge on any atom is -0.459 e. The van der Waals surface area contributed by atoms with Crippen LogP contribution in [0, 0.1) is 18.7 Å². The van der Waals surface area contributed by atoms with Crippen molar-refractivity contribution in [1.29, 1.82) is 0 Å². The normalized spacial score (nSPS) is 18.7. The number of amides is 2. The predicted octanol–water partition coefficient (Wildman–Crippen LogP) is 5.38. The molecule has 2 amide bonds. The number of aromatic amines is 1. The lowest BCUT2D eigenvalue weighted by atomic mass is 9.85. The molecule has 2 aromatic heterocycles. The van der Waals surface area contributed by atoms with Gasteiger partial charge in [-0.3, -0.25) is 14.5 Å². The summed E-state index contributed by atoms with van der Waals surface area (Å²) >= 11 is 0. The predicted molar refractivity (Wildman–Crippen MR) is 166 cm³/mol. The number of esters is 1. The second-order valence-electron chi connectivity index (χ2n) is 13.3. The van der Waals surface area contributed by atoms with E-state index in [1.165, 1.54) is 19.6 Å². The molecule has 45 heavy (non-hydrogen) atoms. The highest BCUT2D eigenvalue weighted by Crippen LogP contribution is 2.36. The number of aryl methyl sites for hydroxylation is 1. The monoisotopic (exact) mass is 624 g/mol. The first-order chi connectivity index (χ1) is 21.4. The number of nitrogens with one attached hydrogen (secondary N) is 2. The number of hydrogen-bond acceptors (Lipinski definition) is 8. The van der Waals surface area contributed by atoms with Crippen molar-refractivity contribution >= 4 is 28.8 Å². The number of hydrogen-bond donors (Lipinski definition) is 2. The van der Waals surface area contributed by atoms with E-state index < -0.39 is 29.5 Å². The molecule has 1 aliphatic carbocycles. The zero-order valence-corrected chi connectivity index (χ0v) is 27.0. The van der Waals surface area contributed by atoms with Gasteiger partial charge in [-0.2, -0.15) is 0 Å². The van der Waals surface area contributed by atoms with E-state index in [-0.39, 0.29) is 28.8 Å². The number of rotatable bonds is 7. The molecule has 11 nitrogen and oxygen atoms in total. The maximum Gasteiger partial charge on any atom is 0.328 e. The van der Waals surface area contributed by atoms with E-state index in [4.69, 9.17) is 14.2 Å². The number of nitrogens with zero attached hydrogens (tertiary/aromatic N) is 4. The Kier molecular flexibility index (Phi) is 9.91. The van der Waals surface area contributed by atoms with Gasteiger partial charge in [0.1, 0.15) is 34.8 Å². The summed E-state index contributed by atoms with van der Waals surface area (Å²) in [6, 6.07) is 1.84. The van der Waals surface area contributed by atoms with Gasteiger partial charge in [0.05, 0.1) is 17.3 Å². The smallest absolute Gasteiger partial charge is 0.328 e. The van der Waals surface area contributed by atoms with Crippen LogP contribution in [0.4, 0.5) is 4.39 Å². The molecule has 3 heterocycles. The molecule has 1 aromatic carbocycles. The highest BCUT2D eigenvalue weighted by Gasteiger charge is 2.37. The van der Waals surface area contributed by atoms with Gasteiger partial charge in [0.2, 0.25) is 5.91 Å². The van der Waals surface area contributed by atoms with Crippen LogP contribution in [0.3, 0.4) is 0 Å². The largest absolute Gasteiger partial charge is 0.459 e.